The minimum absolute atomic E-state index is 0.0135. The second kappa shape index (κ2) is 6.85. The molecule has 26 heavy (non-hydrogen) atoms. The van der Waals surface area contributed by atoms with Crippen molar-refractivity contribution in [1.29, 1.82) is 0 Å². The Hall–Kier alpha value is -1.60. The fourth-order valence-electron chi connectivity index (χ4n) is 4.34. The standard InChI is InChI=1S/C19H24ClN3O3/c20-13-1-2-14-12(9-13)10-15(22-14)18(25)23-6-3-19(4-7-23)16(24)11-17(19)26-8-5-21/h1-2,9-10,16-17,22,24H,3-8,11,21H2/t16-,17+/m0/s1. The fourth-order valence-corrected chi connectivity index (χ4v) is 4.52. The average Bonchev–Trinajstić information content (AvgIpc) is 3.07. The molecule has 1 aliphatic heterocycles. The van der Waals surface area contributed by atoms with Gasteiger partial charge < -0.3 is 25.5 Å². The number of aliphatic hydroxyl groups is 1. The van der Waals surface area contributed by atoms with E-state index in [1.165, 1.54) is 0 Å². The number of aliphatic hydroxyl groups excluding tert-OH is 1. The maximum absolute atomic E-state index is 12.9. The fraction of sp³-hybridized carbons (Fsp3) is 0.526. The van der Waals surface area contributed by atoms with Gasteiger partial charge in [0.15, 0.2) is 0 Å². The second-order valence-electron chi connectivity index (χ2n) is 7.34. The molecule has 0 bridgehead atoms. The summed E-state index contributed by atoms with van der Waals surface area (Å²) in [5, 5.41) is 11.9. The third kappa shape index (κ3) is 2.91. The van der Waals surface area contributed by atoms with Crippen LogP contribution in [0.2, 0.25) is 5.02 Å². The van der Waals surface area contributed by atoms with Gasteiger partial charge in [-0.05, 0) is 37.1 Å². The number of benzene rings is 1. The van der Waals surface area contributed by atoms with Gasteiger partial charge in [-0.1, -0.05) is 11.6 Å². The Kier molecular flexibility index (Phi) is 4.69. The monoisotopic (exact) mass is 377 g/mol. The van der Waals surface area contributed by atoms with E-state index < -0.39 is 0 Å². The van der Waals surface area contributed by atoms with E-state index in [2.05, 4.69) is 4.98 Å². The molecule has 1 saturated carbocycles. The number of nitrogens with two attached hydrogens (primary N) is 1. The second-order valence-corrected chi connectivity index (χ2v) is 7.78. The van der Waals surface area contributed by atoms with Crippen LogP contribution in [0.3, 0.4) is 0 Å². The third-order valence-corrected chi connectivity index (χ3v) is 6.21. The van der Waals surface area contributed by atoms with Crippen LogP contribution in [-0.4, -0.2) is 59.3 Å². The first kappa shape index (κ1) is 17.8. The minimum atomic E-state index is -0.349. The Labute approximate surface area is 157 Å². The normalized spacial score (nSPS) is 24.8. The Bertz CT molecular complexity index is 813. The van der Waals surface area contributed by atoms with E-state index in [0.29, 0.717) is 43.4 Å². The summed E-state index contributed by atoms with van der Waals surface area (Å²) >= 11 is 6.02. The Morgan fingerprint density at radius 3 is 2.85 bits per heavy atom. The molecule has 1 aromatic heterocycles. The summed E-state index contributed by atoms with van der Waals surface area (Å²) in [7, 11) is 0. The van der Waals surface area contributed by atoms with E-state index in [9.17, 15) is 9.90 Å². The molecular formula is C19H24ClN3O3. The topological polar surface area (TPSA) is 91.6 Å². The van der Waals surface area contributed by atoms with Gasteiger partial charge in [-0.3, -0.25) is 4.79 Å². The van der Waals surface area contributed by atoms with Gasteiger partial charge in [0.25, 0.3) is 5.91 Å². The highest BCUT2D eigenvalue weighted by Gasteiger charge is 2.56. The summed E-state index contributed by atoms with van der Waals surface area (Å²) in [6.45, 7) is 2.24. The number of fused-ring (bicyclic) bond motifs is 1. The third-order valence-electron chi connectivity index (χ3n) is 5.97. The van der Waals surface area contributed by atoms with Gasteiger partial charge in [-0.25, -0.2) is 0 Å². The molecule has 0 unspecified atom stereocenters. The summed E-state index contributed by atoms with van der Waals surface area (Å²) in [6, 6.07) is 7.38. The first-order valence-electron chi connectivity index (χ1n) is 9.11. The zero-order valence-electron chi connectivity index (χ0n) is 14.6. The highest BCUT2D eigenvalue weighted by molar-refractivity contribution is 6.31. The van der Waals surface area contributed by atoms with E-state index >= 15 is 0 Å². The SMILES string of the molecule is NCCO[C@@H]1C[C@H](O)C12CCN(C(=O)c1cc3cc(Cl)ccc3[nH]1)CC2. The number of nitrogens with one attached hydrogen (secondary N) is 1. The summed E-state index contributed by atoms with van der Waals surface area (Å²) in [6.07, 6.45) is 1.87. The van der Waals surface area contributed by atoms with Crippen molar-refractivity contribution in [2.24, 2.45) is 11.1 Å². The number of nitrogens with zero attached hydrogens (tertiary/aromatic N) is 1. The molecule has 2 atom stereocenters. The van der Waals surface area contributed by atoms with Crippen LogP contribution in [-0.2, 0) is 4.74 Å². The number of aromatic amines is 1. The molecule has 1 spiro atoms. The van der Waals surface area contributed by atoms with Crippen molar-refractivity contribution < 1.29 is 14.6 Å². The Balaban J connectivity index is 1.44. The maximum atomic E-state index is 12.9. The van der Waals surface area contributed by atoms with Crippen LogP contribution >= 0.6 is 11.6 Å². The van der Waals surface area contributed by atoms with Crippen molar-refractivity contribution in [3.63, 3.8) is 0 Å². The lowest BCUT2D eigenvalue weighted by atomic mass is 9.58. The predicted molar refractivity (Wildman–Crippen MR) is 100 cm³/mol. The van der Waals surface area contributed by atoms with Gasteiger partial charge >= 0.3 is 0 Å². The van der Waals surface area contributed by atoms with Crippen LogP contribution in [0, 0.1) is 5.41 Å². The number of amides is 1. The van der Waals surface area contributed by atoms with Gasteiger partial charge in [-0.2, -0.15) is 0 Å². The molecule has 1 saturated heterocycles. The van der Waals surface area contributed by atoms with Crippen LogP contribution in [0.1, 0.15) is 29.8 Å². The maximum Gasteiger partial charge on any atom is 0.270 e. The van der Waals surface area contributed by atoms with Gasteiger partial charge in [0, 0.05) is 47.4 Å². The van der Waals surface area contributed by atoms with Crippen LogP contribution in [0.5, 0.6) is 0 Å². The number of likely N-dealkylation sites (tertiary alicyclic amines) is 1. The number of hydrogen-bond acceptors (Lipinski definition) is 4. The molecule has 140 valence electrons. The number of halogens is 1. The number of aromatic nitrogens is 1. The zero-order chi connectivity index (χ0) is 18.3. The number of ether oxygens (including phenoxy) is 1. The molecule has 2 fully saturated rings. The number of piperidine rings is 1. The van der Waals surface area contributed by atoms with Gasteiger partial charge in [-0.15, -0.1) is 0 Å². The number of H-pyrrole nitrogens is 1. The number of hydrogen-bond donors (Lipinski definition) is 3. The lowest BCUT2D eigenvalue weighted by molar-refractivity contribution is -0.208. The molecule has 0 radical (unpaired) electrons. The highest BCUT2D eigenvalue weighted by atomic mass is 35.5. The summed E-state index contributed by atoms with van der Waals surface area (Å²) in [5.74, 6) is -0.0135. The quantitative estimate of drug-likeness (QED) is 0.761. The van der Waals surface area contributed by atoms with Crippen molar-refractivity contribution >= 4 is 28.4 Å². The smallest absolute Gasteiger partial charge is 0.270 e. The predicted octanol–water partition coefficient (Wildman–Crippen LogP) is 2.15. The molecule has 6 nitrogen and oxygen atoms in total. The van der Waals surface area contributed by atoms with Crippen molar-refractivity contribution in [3.05, 3.63) is 35.0 Å². The van der Waals surface area contributed by atoms with E-state index in [1.807, 2.05) is 23.1 Å². The molecule has 1 aliphatic carbocycles. The molecule has 2 aromatic rings. The summed E-state index contributed by atoms with van der Waals surface area (Å²) in [5.41, 5.74) is 6.77. The molecule has 1 amide bonds. The number of carbonyl (C=O) groups is 1. The molecule has 2 aliphatic rings. The number of carbonyl (C=O) groups excluding carboxylic acids is 1. The molecule has 4 N–H and O–H groups in total. The van der Waals surface area contributed by atoms with E-state index in [4.69, 9.17) is 22.1 Å². The lowest BCUT2D eigenvalue weighted by Crippen LogP contribution is -2.63. The van der Waals surface area contributed by atoms with Crippen molar-refractivity contribution in [2.45, 2.75) is 31.5 Å². The highest BCUT2D eigenvalue weighted by Crippen LogP contribution is 2.51. The van der Waals surface area contributed by atoms with Crippen LogP contribution in [0.4, 0.5) is 0 Å². The number of rotatable bonds is 4. The Morgan fingerprint density at radius 1 is 1.38 bits per heavy atom. The van der Waals surface area contributed by atoms with E-state index in [0.717, 1.165) is 23.7 Å². The minimum Gasteiger partial charge on any atom is -0.392 e. The van der Waals surface area contributed by atoms with E-state index in [-0.39, 0.29) is 23.5 Å². The van der Waals surface area contributed by atoms with Gasteiger partial charge in [0.2, 0.25) is 0 Å². The van der Waals surface area contributed by atoms with Crippen LogP contribution < -0.4 is 5.73 Å². The van der Waals surface area contributed by atoms with Gasteiger partial charge in [0.05, 0.1) is 18.8 Å². The lowest BCUT2D eigenvalue weighted by Gasteiger charge is -2.56. The Morgan fingerprint density at radius 2 is 2.15 bits per heavy atom. The summed E-state index contributed by atoms with van der Waals surface area (Å²) < 4.78 is 5.82. The molecule has 4 rings (SSSR count). The molecule has 2 heterocycles. The average molecular weight is 378 g/mol. The first-order valence-corrected chi connectivity index (χ1v) is 9.48. The van der Waals surface area contributed by atoms with Gasteiger partial charge in [0.1, 0.15) is 5.69 Å². The molecule has 1 aromatic carbocycles. The summed E-state index contributed by atoms with van der Waals surface area (Å²) in [4.78, 5) is 17.9. The van der Waals surface area contributed by atoms with Crippen molar-refractivity contribution in [1.82, 2.24) is 9.88 Å². The largest absolute Gasteiger partial charge is 0.392 e. The van der Waals surface area contributed by atoms with Crippen LogP contribution in [0.25, 0.3) is 10.9 Å². The van der Waals surface area contributed by atoms with Crippen molar-refractivity contribution in [3.8, 4) is 0 Å². The van der Waals surface area contributed by atoms with Crippen LogP contribution in [0.15, 0.2) is 24.3 Å². The van der Waals surface area contributed by atoms with Crippen molar-refractivity contribution in [2.75, 3.05) is 26.2 Å². The molecular weight excluding hydrogens is 354 g/mol. The first-order chi connectivity index (χ1) is 12.5. The van der Waals surface area contributed by atoms with E-state index in [1.54, 1.807) is 6.07 Å². The zero-order valence-corrected chi connectivity index (χ0v) is 15.3. The molecule has 7 heteroatoms.